The Morgan fingerprint density at radius 2 is 1.61 bits per heavy atom. The molecule has 0 unspecified atom stereocenters. The summed E-state index contributed by atoms with van der Waals surface area (Å²) in [6.07, 6.45) is 6.08. The molecule has 3 aromatic rings. The Balaban J connectivity index is 1.49. The highest BCUT2D eigenvalue weighted by Gasteiger charge is 2.21. The molecule has 2 aromatic carbocycles. The molecule has 1 aliphatic carbocycles. The number of hydrogen-bond acceptors (Lipinski definition) is 4. The van der Waals surface area contributed by atoms with E-state index in [1.807, 2.05) is 6.07 Å². The van der Waals surface area contributed by atoms with E-state index >= 15 is 0 Å². The van der Waals surface area contributed by atoms with Crippen LogP contribution in [0.1, 0.15) is 36.8 Å². The topological polar surface area (TPSA) is 41.1 Å². The van der Waals surface area contributed by atoms with Gasteiger partial charge in [-0.15, -0.1) is 0 Å². The van der Waals surface area contributed by atoms with Gasteiger partial charge >= 0.3 is 0 Å². The van der Waals surface area contributed by atoms with Gasteiger partial charge in [0.05, 0.1) is 5.69 Å². The fourth-order valence-corrected chi connectivity index (χ4v) is 4.36. The van der Waals surface area contributed by atoms with Crippen LogP contribution in [-0.2, 0) is 13.0 Å². The molecule has 1 saturated carbocycles. The number of rotatable bonds is 4. The summed E-state index contributed by atoms with van der Waals surface area (Å²) < 4.78 is 0. The number of anilines is 2. The summed E-state index contributed by atoms with van der Waals surface area (Å²) in [5.74, 6) is 1.78. The van der Waals surface area contributed by atoms with E-state index in [0.29, 0.717) is 6.04 Å². The lowest BCUT2D eigenvalue weighted by atomic mass is 10.00. The predicted molar refractivity (Wildman–Crippen MR) is 115 cm³/mol. The lowest BCUT2D eigenvalue weighted by molar-refractivity contribution is 0.714. The van der Waals surface area contributed by atoms with Gasteiger partial charge in [0, 0.05) is 30.8 Å². The molecule has 5 rings (SSSR count). The zero-order chi connectivity index (χ0) is 18.8. The van der Waals surface area contributed by atoms with Crippen LogP contribution in [0.15, 0.2) is 60.7 Å². The van der Waals surface area contributed by atoms with Gasteiger partial charge in [-0.2, -0.15) is 4.98 Å². The number of benzene rings is 2. The first-order chi connectivity index (χ1) is 13.8. The second kappa shape index (κ2) is 7.63. The summed E-state index contributed by atoms with van der Waals surface area (Å²) in [6.45, 7) is 1.90. The van der Waals surface area contributed by atoms with Gasteiger partial charge < -0.3 is 10.2 Å². The van der Waals surface area contributed by atoms with Crippen molar-refractivity contribution in [3.05, 3.63) is 71.8 Å². The van der Waals surface area contributed by atoms with Gasteiger partial charge in [-0.05, 0) is 30.4 Å². The largest absolute Gasteiger partial charge is 0.352 e. The van der Waals surface area contributed by atoms with Crippen LogP contribution in [0.25, 0.3) is 11.3 Å². The van der Waals surface area contributed by atoms with Crippen molar-refractivity contribution in [1.29, 1.82) is 0 Å². The molecule has 1 N–H and O–H groups in total. The lowest BCUT2D eigenvalue weighted by Crippen LogP contribution is -2.31. The van der Waals surface area contributed by atoms with Crippen molar-refractivity contribution in [2.24, 2.45) is 0 Å². The molecule has 0 saturated heterocycles. The molecule has 4 nitrogen and oxygen atoms in total. The molecule has 0 radical (unpaired) electrons. The van der Waals surface area contributed by atoms with E-state index in [1.54, 1.807) is 0 Å². The zero-order valence-corrected chi connectivity index (χ0v) is 16.1. The summed E-state index contributed by atoms with van der Waals surface area (Å²) >= 11 is 0. The molecule has 2 heterocycles. The zero-order valence-electron chi connectivity index (χ0n) is 16.1. The fraction of sp³-hybridized carbons (Fsp3) is 0.333. The van der Waals surface area contributed by atoms with E-state index < -0.39 is 0 Å². The Labute approximate surface area is 166 Å². The summed E-state index contributed by atoms with van der Waals surface area (Å²) in [5.41, 5.74) is 4.99. The monoisotopic (exact) mass is 370 g/mol. The second-order valence-electron chi connectivity index (χ2n) is 7.87. The van der Waals surface area contributed by atoms with Crippen molar-refractivity contribution >= 4 is 11.8 Å². The highest BCUT2D eigenvalue weighted by atomic mass is 15.2. The van der Waals surface area contributed by atoms with Crippen molar-refractivity contribution in [1.82, 2.24) is 9.97 Å². The molecule has 1 aromatic heterocycles. The van der Waals surface area contributed by atoms with Crippen LogP contribution < -0.4 is 10.2 Å². The van der Waals surface area contributed by atoms with Gasteiger partial charge in [-0.3, -0.25) is 0 Å². The molecular weight excluding hydrogens is 344 g/mol. The third kappa shape index (κ3) is 3.59. The lowest BCUT2D eigenvalue weighted by Gasteiger charge is -2.30. The van der Waals surface area contributed by atoms with Crippen LogP contribution in [0, 0.1) is 0 Å². The van der Waals surface area contributed by atoms with E-state index in [2.05, 4.69) is 64.8 Å². The molecule has 0 spiro atoms. The van der Waals surface area contributed by atoms with Gasteiger partial charge in [0.1, 0.15) is 5.82 Å². The molecular formula is C24H26N4. The highest BCUT2D eigenvalue weighted by Crippen LogP contribution is 2.29. The Morgan fingerprint density at radius 3 is 2.43 bits per heavy atom. The maximum atomic E-state index is 4.92. The average Bonchev–Trinajstić information content (AvgIpc) is 3.27. The molecule has 1 fully saturated rings. The van der Waals surface area contributed by atoms with Crippen LogP contribution in [0.3, 0.4) is 0 Å². The average molecular weight is 371 g/mol. The number of nitrogens with one attached hydrogen (secondary N) is 1. The minimum absolute atomic E-state index is 0.501. The van der Waals surface area contributed by atoms with Crippen molar-refractivity contribution in [3.8, 4) is 11.3 Å². The molecule has 4 heteroatoms. The number of fused-ring (bicyclic) bond motifs is 1. The third-order valence-electron chi connectivity index (χ3n) is 5.93. The smallest absolute Gasteiger partial charge is 0.225 e. The van der Waals surface area contributed by atoms with E-state index in [4.69, 9.17) is 9.97 Å². The van der Waals surface area contributed by atoms with Crippen molar-refractivity contribution in [3.63, 3.8) is 0 Å². The van der Waals surface area contributed by atoms with Crippen molar-refractivity contribution in [2.45, 2.75) is 44.7 Å². The molecule has 0 bridgehead atoms. The van der Waals surface area contributed by atoms with Crippen LogP contribution in [0.5, 0.6) is 0 Å². The third-order valence-corrected chi connectivity index (χ3v) is 5.93. The predicted octanol–water partition coefficient (Wildman–Crippen LogP) is 5.06. The van der Waals surface area contributed by atoms with Gasteiger partial charge in [0.15, 0.2) is 0 Å². The summed E-state index contributed by atoms with van der Waals surface area (Å²) in [7, 11) is 0. The molecule has 0 atom stereocenters. The van der Waals surface area contributed by atoms with Crippen molar-refractivity contribution < 1.29 is 0 Å². The number of nitrogens with zero attached hydrogens (tertiary/aromatic N) is 3. The molecule has 2 aliphatic rings. The minimum atomic E-state index is 0.501. The Bertz CT molecular complexity index is 948. The van der Waals surface area contributed by atoms with E-state index in [1.165, 1.54) is 36.8 Å². The van der Waals surface area contributed by atoms with Crippen LogP contribution in [0.4, 0.5) is 11.8 Å². The minimum Gasteiger partial charge on any atom is -0.352 e. The van der Waals surface area contributed by atoms with Gasteiger partial charge in [0.25, 0.3) is 0 Å². The first-order valence-corrected chi connectivity index (χ1v) is 10.4. The first kappa shape index (κ1) is 17.2. The fourth-order valence-electron chi connectivity index (χ4n) is 4.36. The van der Waals surface area contributed by atoms with Gasteiger partial charge in [-0.25, -0.2) is 4.98 Å². The Kier molecular flexibility index (Phi) is 4.69. The van der Waals surface area contributed by atoms with E-state index in [-0.39, 0.29) is 0 Å². The molecule has 142 valence electrons. The number of hydrogen-bond donors (Lipinski definition) is 1. The molecule has 1 aliphatic heterocycles. The maximum Gasteiger partial charge on any atom is 0.225 e. The molecule has 0 amide bonds. The van der Waals surface area contributed by atoms with Crippen molar-refractivity contribution in [2.75, 3.05) is 16.8 Å². The number of aromatic nitrogens is 2. The highest BCUT2D eigenvalue weighted by molar-refractivity contribution is 5.65. The molecule has 28 heavy (non-hydrogen) atoms. The van der Waals surface area contributed by atoms with Gasteiger partial charge in [0.2, 0.25) is 5.95 Å². The second-order valence-corrected chi connectivity index (χ2v) is 7.87. The summed E-state index contributed by atoms with van der Waals surface area (Å²) in [5, 5.41) is 3.60. The van der Waals surface area contributed by atoms with E-state index in [9.17, 15) is 0 Å². The standard InChI is InChI=1S/C24H26N4/c1-2-9-19(10-3-1)22-16-23(27-24(26-22)25-21-12-6-7-13-21)28-15-14-18-8-4-5-11-20(18)17-28/h1-5,8-11,16,21H,6-7,12-15,17H2,(H,25,26,27). The maximum absolute atomic E-state index is 4.92. The Morgan fingerprint density at radius 1 is 0.857 bits per heavy atom. The van der Waals surface area contributed by atoms with Crippen LogP contribution >= 0.6 is 0 Å². The van der Waals surface area contributed by atoms with Crippen LogP contribution in [-0.4, -0.2) is 22.6 Å². The summed E-state index contributed by atoms with van der Waals surface area (Å²) in [4.78, 5) is 12.2. The summed E-state index contributed by atoms with van der Waals surface area (Å²) in [6, 6.07) is 21.8. The van der Waals surface area contributed by atoms with Crippen LogP contribution in [0.2, 0.25) is 0 Å². The van der Waals surface area contributed by atoms with E-state index in [0.717, 1.165) is 42.5 Å². The SMILES string of the molecule is c1ccc(-c2cc(N3CCc4ccccc4C3)nc(NC3CCCC3)n2)cc1. The Hall–Kier alpha value is -2.88. The first-order valence-electron chi connectivity index (χ1n) is 10.4. The van der Waals surface area contributed by atoms with Gasteiger partial charge in [-0.1, -0.05) is 67.4 Å². The normalized spacial score (nSPS) is 16.8. The quantitative estimate of drug-likeness (QED) is 0.697.